The van der Waals surface area contributed by atoms with Gasteiger partial charge in [0.1, 0.15) is 12.4 Å². The molecule has 0 unspecified atom stereocenters. The largest absolute Gasteiger partial charge is 0.489 e. The fourth-order valence-corrected chi connectivity index (χ4v) is 1.98. The summed E-state index contributed by atoms with van der Waals surface area (Å²) < 4.78 is 10.7. The molecule has 1 aliphatic heterocycles. The number of benzene rings is 1. The Hall–Kier alpha value is -0.680. The van der Waals surface area contributed by atoms with Gasteiger partial charge < -0.3 is 19.7 Å². The van der Waals surface area contributed by atoms with Gasteiger partial charge in [0.05, 0.1) is 12.3 Å². The van der Waals surface area contributed by atoms with Crippen molar-refractivity contribution in [2.75, 3.05) is 51.4 Å². The van der Waals surface area contributed by atoms with Gasteiger partial charge in [-0.25, -0.2) is 0 Å². The van der Waals surface area contributed by atoms with Gasteiger partial charge in [0.15, 0.2) is 0 Å². The molecule has 4 nitrogen and oxygen atoms in total. The zero-order valence-corrected chi connectivity index (χ0v) is 12.8. The second-order valence-corrected chi connectivity index (χ2v) is 4.05. The molecule has 0 aliphatic carbocycles. The lowest BCUT2D eigenvalue weighted by molar-refractivity contribution is 0.146. The van der Waals surface area contributed by atoms with Gasteiger partial charge in [-0.05, 0) is 12.1 Å². The van der Waals surface area contributed by atoms with Crippen molar-refractivity contribution in [2.24, 2.45) is 0 Å². The molecule has 1 heterocycles. The Bertz CT molecular complexity index is 347. The van der Waals surface area contributed by atoms with Crippen LogP contribution in [0.1, 0.15) is 0 Å². The highest BCUT2D eigenvalue weighted by Crippen LogP contribution is 2.27. The number of anilines is 1. The van der Waals surface area contributed by atoms with Crippen molar-refractivity contribution in [1.29, 1.82) is 0 Å². The van der Waals surface area contributed by atoms with Crippen LogP contribution < -0.4 is 15.0 Å². The predicted molar refractivity (Wildman–Crippen MR) is 83.4 cm³/mol. The van der Waals surface area contributed by atoms with Crippen LogP contribution >= 0.6 is 24.8 Å². The number of hydrogen-bond acceptors (Lipinski definition) is 4. The smallest absolute Gasteiger partial charge is 0.142 e. The van der Waals surface area contributed by atoms with Crippen molar-refractivity contribution in [3.8, 4) is 5.75 Å². The van der Waals surface area contributed by atoms with Gasteiger partial charge >= 0.3 is 0 Å². The SMILES string of the molecule is COCCOc1ccccc1N1CCNCC1.Cl.Cl. The molecule has 0 atom stereocenters. The van der Waals surface area contributed by atoms with E-state index < -0.39 is 0 Å². The van der Waals surface area contributed by atoms with Gasteiger partial charge in [-0.15, -0.1) is 24.8 Å². The zero-order chi connectivity index (χ0) is 11.9. The van der Waals surface area contributed by atoms with Crippen LogP contribution in [0.25, 0.3) is 0 Å². The summed E-state index contributed by atoms with van der Waals surface area (Å²) in [5, 5.41) is 3.35. The molecule has 1 N–H and O–H groups in total. The lowest BCUT2D eigenvalue weighted by Crippen LogP contribution is -2.43. The van der Waals surface area contributed by atoms with Crippen LogP contribution in [0.5, 0.6) is 5.75 Å². The summed E-state index contributed by atoms with van der Waals surface area (Å²) in [5.41, 5.74) is 1.19. The first-order valence-electron chi connectivity index (χ1n) is 6.08. The molecule has 1 fully saturated rings. The third kappa shape index (κ3) is 5.45. The fraction of sp³-hybridized carbons (Fsp3) is 0.538. The quantitative estimate of drug-likeness (QED) is 0.843. The van der Waals surface area contributed by atoms with Crippen LogP contribution in [0, 0.1) is 0 Å². The molecule has 1 saturated heterocycles. The summed E-state index contributed by atoms with van der Waals surface area (Å²) in [5.74, 6) is 0.950. The third-order valence-corrected chi connectivity index (χ3v) is 2.87. The number of rotatable bonds is 5. The first kappa shape index (κ1) is 18.3. The molecule has 0 amide bonds. The molecule has 1 aliphatic rings. The van der Waals surface area contributed by atoms with E-state index in [1.165, 1.54) is 5.69 Å². The van der Waals surface area contributed by atoms with Crippen LogP contribution in [0.3, 0.4) is 0 Å². The normalized spacial score (nSPS) is 14.3. The van der Waals surface area contributed by atoms with Gasteiger partial charge in [0.25, 0.3) is 0 Å². The Kier molecular flexibility index (Phi) is 9.79. The highest BCUT2D eigenvalue weighted by atomic mass is 35.5. The van der Waals surface area contributed by atoms with Crippen molar-refractivity contribution >= 4 is 30.5 Å². The highest BCUT2D eigenvalue weighted by molar-refractivity contribution is 5.85. The summed E-state index contributed by atoms with van der Waals surface area (Å²) in [4.78, 5) is 2.36. The molecule has 110 valence electrons. The number of methoxy groups -OCH3 is 1. The highest BCUT2D eigenvalue weighted by Gasteiger charge is 2.14. The van der Waals surface area contributed by atoms with Crippen LogP contribution in [0.2, 0.25) is 0 Å². The number of ether oxygens (including phenoxy) is 2. The first-order valence-corrected chi connectivity index (χ1v) is 6.08. The molecule has 0 aromatic heterocycles. The summed E-state index contributed by atoms with van der Waals surface area (Å²) >= 11 is 0. The van der Waals surface area contributed by atoms with Gasteiger partial charge in [-0.2, -0.15) is 0 Å². The van der Waals surface area contributed by atoms with Crippen LogP contribution in [-0.2, 0) is 4.74 Å². The average Bonchev–Trinajstić information content (AvgIpc) is 2.41. The number of halogens is 2. The molecule has 6 heteroatoms. The summed E-state index contributed by atoms with van der Waals surface area (Å²) in [6.07, 6.45) is 0. The van der Waals surface area contributed by atoms with E-state index in [0.29, 0.717) is 13.2 Å². The Labute approximate surface area is 127 Å². The van der Waals surface area contributed by atoms with E-state index in [2.05, 4.69) is 22.3 Å². The van der Waals surface area contributed by atoms with Crippen molar-refractivity contribution in [1.82, 2.24) is 5.32 Å². The van der Waals surface area contributed by atoms with Gasteiger partial charge in [0, 0.05) is 33.3 Å². The maximum absolute atomic E-state index is 5.74. The molecular formula is C13H22Cl2N2O2. The molecule has 0 radical (unpaired) electrons. The number of hydrogen-bond donors (Lipinski definition) is 1. The summed E-state index contributed by atoms with van der Waals surface area (Å²) in [6, 6.07) is 8.20. The molecule has 1 aromatic carbocycles. The van der Waals surface area contributed by atoms with E-state index in [0.717, 1.165) is 31.9 Å². The van der Waals surface area contributed by atoms with E-state index in [-0.39, 0.29) is 24.8 Å². The topological polar surface area (TPSA) is 33.7 Å². The third-order valence-electron chi connectivity index (χ3n) is 2.87. The second-order valence-electron chi connectivity index (χ2n) is 4.05. The van der Waals surface area contributed by atoms with Crippen molar-refractivity contribution in [2.45, 2.75) is 0 Å². The Morgan fingerprint density at radius 2 is 1.79 bits per heavy atom. The lowest BCUT2D eigenvalue weighted by atomic mass is 10.2. The van der Waals surface area contributed by atoms with Crippen molar-refractivity contribution < 1.29 is 9.47 Å². The number of piperazine rings is 1. The number of para-hydroxylation sites is 2. The predicted octanol–water partition coefficient (Wildman–Crippen LogP) is 1.97. The van der Waals surface area contributed by atoms with Crippen LogP contribution in [-0.4, -0.2) is 46.5 Å². The van der Waals surface area contributed by atoms with Gasteiger partial charge in [-0.1, -0.05) is 12.1 Å². The minimum absolute atomic E-state index is 0. The number of nitrogens with zero attached hydrogens (tertiary/aromatic N) is 1. The minimum atomic E-state index is 0. The van der Waals surface area contributed by atoms with Crippen molar-refractivity contribution in [3.63, 3.8) is 0 Å². The Morgan fingerprint density at radius 3 is 2.47 bits per heavy atom. The molecule has 0 spiro atoms. The molecule has 0 saturated carbocycles. The van der Waals surface area contributed by atoms with E-state index >= 15 is 0 Å². The minimum Gasteiger partial charge on any atom is -0.489 e. The molecular weight excluding hydrogens is 287 g/mol. The zero-order valence-electron chi connectivity index (χ0n) is 11.1. The summed E-state index contributed by atoms with van der Waals surface area (Å²) in [7, 11) is 1.69. The van der Waals surface area contributed by atoms with E-state index in [1.54, 1.807) is 7.11 Å². The van der Waals surface area contributed by atoms with E-state index in [1.807, 2.05) is 12.1 Å². The molecule has 19 heavy (non-hydrogen) atoms. The van der Waals surface area contributed by atoms with Crippen molar-refractivity contribution in [3.05, 3.63) is 24.3 Å². The van der Waals surface area contributed by atoms with Crippen LogP contribution in [0.4, 0.5) is 5.69 Å². The number of nitrogens with one attached hydrogen (secondary N) is 1. The Morgan fingerprint density at radius 1 is 1.11 bits per heavy atom. The lowest BCUT2D eigenvalue weighted by Gasteiger charge is -2.30. The molecule has 0 bridgehead atoms. The van der Waals surface area contributed by atoms with E-state index in [9.17, 15) is 0 Å². The maximum atomic E-state index is 5.74. The second kappa shape index (κ2) is 10.1. The van der Waals surface area contributed by atoms with Crippen LogP contribution in [0.15, 0.2) is 24.3 Å². The monoisotopic (exact) mass is 308 g/mol. The average molecular weight is 309 g/mol. The van der Waals surface area contributed by atoms with E-state index in [4.69, 9.17) is 9.47 Å². The summed E-state index contributed by atoms with van der Waals surface area (Å²) in [6.45, 7) is 5.35. The Balaban J connectivity index is 0.00000162. The van der Waals surface area contributed by atoms with Gasteiger partial charge in [0.2, 0.25) is 0 Å². The standard InChI is InChI=1S/C13H20N2O2.2ClH/c1-16-10-11-17-13-5-3-2-4-12(13)15-8-6-14-7-9-15;;/h2-5,14H,6-11H2,1H3;2*1H. The fourth-order valence-electron chi connectivity index (χ4n) is 1.98. The molecule has 2 rings (SSSR count). The maximum Gasteiger partial charge on any atom is 0.142 e. The molecule has 1 aromatic rings. The first-order chi connectivity index (χ1) is 8.42. The van der Waals surface area contributed by atoms with Gasteiger partial charge in [-0.3, -0.25) is 0 Å².